The van der Waals surface area contributed by atoms with Gasteiger partial charge in [0.15, 0.2) is 5.60 Å². The van der Waals surface area contributed by atoms with E-state index in [4.69, 9.17) is 16.3 Å². The topological polar surface area (TPSA) is 66.9 Å². The number of hydrogen-bond donors (Lipinski definition) is 0. The number of sulfonamides is 1. The fourth-order valence-electron chi connectivity index (χ4n) is 3.27. The van der Waals surface area contributed by atoms with Crippen LogP contribution >= 0.6 is 11.6 Å². The van der Waals surface area contributed by atoms with Gasteiger partial charge in [0.25, 0.3) is 5.91 Å². The molecule has 0 spiro atoms. The zero-order valence-electron chi connectivity index (χ0n) is 16.5. The molecule has 0 unspecified atom stereocenters. The van der Waals surface area contributed by atoms with Crippen LogP contribution in [0.3, 0.4) is 0 Å². The molecule has 2 aromatic rings. The summed E-state index contributed by atoms with van der Waals surface area (Å²) in [6.07, 6.45) is 0. The zero-order chi connectivity index (χ0) is 21.1. The van der Waals surface area contributed by atoms with Gasteiger partial charge in [0.2, 0.25) is 10.0 Å². The van der Waals surface area contributed by atoms with E-state index in [1.165, 1.54) is 4.31 Å². The van der Waals surface area contributed by atoms with Gasteiger partial charge >= 0.3 is 0 Å². The zero-order valence-corrected chi connectivity index (χ0v) is 18.1. The average molecular weight is 437 g/mol. The normalized spacial score (nSPS) is 15.9. The number of hydrogen-bond acceptors (Lipinski definition) is 4. The van der Waals surface area contributed by atoms with Crippen molar-refractivity contribution in [2.75, 3.05) is 26.2 Å². The number of rotatable bonds is 6. The Hall–Kier alpha value is -2.09. The van der Waals surface area contributed by atoms with E-state index in [1.807, 2.05) is 18.2 Å². The molecule has 0 radical (unpaired) electrons. The smallest absolute Gasteiger partial charge is 0.266 e. The summed E-state index contributed by atoms with van der Waals surface area (Å²) in [6.45, 7) is 4.64. The lowest BCUT2D eigenvalue weighted by Gasteiger charge is -2.38. The van der Waals surface area contributed by atoms with Crippen LogP contribution in [-0.4, -0.2) is 55.3 Å². The minimum Gasteiger partial charge on any atom is -0.478 e. The molecule has 0 aromatic heterocycles. The van der Waals surface area contributed by atoms with Crippen LogP contribution in [0.25, 0.3) is 0 Å². The Kier molecular flexibility index (Phi) is 6.51. The highest BCUT2D eigenvalue weighted by molar-refractivity contribution is 7.88. The fourth-order valence-corrected chi connectivity index (χ4v) is 4.91. The number of amides is 1. The van der Waals surface area contributed by atoms with Gasteiger partial charge in [-0.15, -0.1) is 0 Å². The molecule has 1 aliphatic heterocycles. The largest absolute Gasteiger partial charge is 0.478 e. The van der Waals surface area contributed by atoms with Crippen LogP contribution in [0.2, 0.25) is 5.02 Å². The molecule has 1 saturated heterocycles. The molecule has 1 aliphatic rings. The molecule has 0 N–H and O–H groups in total. The predicted octanol–water partition coefficient (Wildman–Crippen LogP) is 3.17. The lowest BCUT2D eigenvalue weighted by atomic mass is 10.1. The third-order valence-corrected chi connectivity index (χ3v) is 6.91. The summed E-state index contributed by atoms with van der Waals surface area (Å²) < 4.78 is 32.7. The van der Waals surface area contributed by atoms with Crippen LogP contribution in [-0.2, 0) is 20.6 Å². The van der Waals surface area contributed by atoms with E-state index < -0.39 is 15.6 Å². The minimum atomic E-state index is -3.42. The quantitative estimate of drug-likeness (QED) is 0.697. The molecular weight excluding hydrogens is 412 g/mol. The number of carbonyl (C=O) groups excluding carboxylic acids is 1. The van der Waals surface area contributed by atoms with Crippen molar-refractivity contribution in [1.82, 2.24) is 9.21 Å². The summed E-state index contributed by atoms with van der Waals surface area (Å²) in [5.41, 5.74) is -0.317. The van der Waals surface area contributed by atoms with Gasteiger partial charge in [-0.05, 0) is 43.7 Å². The number of benzene rings is 2. The average Bonchev–Trinajstić information content (AvgIpc) is 2.69. The van der Waals surface area contributed by atoms with Crippen molar-refractivity contribution < 1.29 is 17.9 Å². The Balaban J connectivity index is 1.59. The second kappa shape index (κ2) is 8.73. The highest BCUT2D eigenvalue weighted by Gasteiger charge is 2.37. The molecule has 8 heteroatoms. The first-order valence-corrected chi connectivity index (χ1v) is 11.4. The van der Waals surface area contributed by atoms with E-state index in [-0.39, 0.29) is 24.7 Å². The SMILES string of the molecule is CC(C)(Oc1ccc(Cl)cc1)C(=O)N1CCN(S(=O)(=O)Cc2ccccc2)CC1. The van der Waals surface area contributed by atoms with Gasteiger partial charge < -0.3 is 9.64 Å². The summed E-state index contributed by atoms with van der Waals surface area (Å²) in [4.78, 5) is 14.6. The molecule has 3 rings (SSSR count). The van der Waals surface area contributed by atoms with Crippen LogP contribution in [0.5, 0.6) is 5.75 Å². The molecule has 29 heavy (non-hydrogen) atoms. The Labute approximate surface area is 177 Å². The van der Waals surface area contributed by atoms with Crippen molar-refractivity contribution in [2.45, 2.75) is 25.2 Å². The van der Waals surface area contributed by atoms with Crippen LogP contribution in [0.1, 0.15) is 19.4 Å². The van der Waals surface area contributed by atoms with Gasteiger partial charge in [0.05, 0.1) is 5.75 Å². The summed E-state index contributed by atoms with van der Waals surface area (Å²) >= 11 is 5.88. The monoisotopic (exact) mass is 436 g/mol. The molecule has 2 aromatic carbocycles. The van der Waals surface area contributed by atoms with Gasteiger partial charge in [-0.1, -0.05) is 41.9 Å². The standard InChI is InChI=1S/C21H25ClN2O4S/c1-21(2,28-19-10-8-18(22)9-11-19)20(25)23-12-14-24(15-13-23)29(26,27)16-17-6-4-3-5-7-17/h3-11H,12-16H2,1-2H3. The van der Waals surface area contributed by atoms with E-state index in [0.29, 0.717) is 23.9 Å². The summed E-state index contributed by atoms with van der Waals surface area (Å²) in [7, 11) is -3.42. The summed E-state index contributed by atoms with van der Waals surface area (Å²) in [5, 5.41) is 0.592. The molecule has 0 aliphatic carbocycles. The molecule has 0 bridgehead atoms. The number of piperazine rings is 1. The molecule has 156 valence electrons. The third kappa shape index (κ3) is 5.50. The van der Waals surface area contributed by atoms with Gasteiger partial charge in [0.1, 0.15) is 5.75 Å². The fraction of sp³-hybridized carbons (Fsp3) is 0.381. The molecule has 1 heterocycles. The lowest BCUT2D eigenvalue weighted by Crippen LogP contribution is -2.56. The maximum absolute atomic E-state index is 12.9. The highest BCUT2D eigenvalue weighted by Crippen LogP contribution is 2.23. The van der Waals surface area contributed by atoms with Gasteiger partial charge in [-0.25, -0.2) is 8.42 Å². The van der Waals surface area contributed by atoms with E-state index >= 15 is 0 Å². The maximum Gasteiger partial charge on any atom is 0.266 e. The first kappa shape index (κ1) is 21.6. The Morgan fingerprint density at radius 3 is 2.17 bits per heavy atom. The first-order valence-electron chi connectivity index (χ1n) is 9.43. The minimum absolute atomic E-state index is 0.0348. The number of nitrogens with zero attached hydrogens (tertiary/aromatic N) is 2. The Bertz CT molecular complexity index is 938. The van der Waals surface area contributed by atoms with E-state index in [0.717, 1.165) is 5.56 Å². The van der Waals surface area contributed by atoms with Crippen molar-refractivity contribution in [3.05, 3.63) is 65.2 Å². The molecule has 6 nitrogen and oxygen atoms in total. The van der Waals surface area contributed by atoms with E-state index in [1.54, 1.807) is 55.1 Å². The molecule has 1 fully saturated rings. The lowest BCUT2D eigenvalue weighted by molar-refractivity contribution is -0.146. The second-order valence-corrected chi connectivity index (χ2v) is 9.90. The first-order chi connectivity index (χ1) is 13.7. The van der Waals surface area contributed by atoms with Crippen molar-refractivity contribution in [2.24, 2.45) is 0 Å². The van der Waals surface area contributed by atoms with E-state index in [2.05, 4.69) is 0 Å². The van der Waals surface area contributed by atoms with Gasteiger partial charge in [-0.2, -0.15) is 4.31 Å². The summed E-state index contributed by atoms with van der Waals surface area (Å²) in [6, 6.07) is 15.9. The number of carbonyl (C=O) groups is 1. The van der Waals surface area contributed by atoms with E-state index in [9.17, 15) is 13.2 Å². The van der Waals surface area contributed by atoms with Crippen LogP contribution in [0.4, 0.5) is 0 Å². The second-order valence-electron chi connectivity index (χ2n) is 7.50. The van der Waals surface area contributed by atoms with Crippen molar-refractivity contribution in [1.29, 1.82) is 0 Å². The molecule has 1 amide bonds. The Morgan fingerprint density at radius 2 is 1.59 bits per heavy atom. The van der Waals surface area contributed by atoms with Gasteiger partial charge in [0, 0.05) is 31.2 Å². The van der Waals surface area contributed by atoms with Crippen molar-refractivity contribution >= 4 is 27.5 Å². The molecule has 0 atom stereocenters. The summed E-state index contributed by atoms with van der Waals surface area (Å²) in [5.74, 6) is 0.344. The third-order valence-electron chi connectivity index (χ3n) is 4.81. The van der Waals surface area contributed by atoms with Crippen LogP contribution < -0.4 is 4.74 Å². The predicted molar refractivity (Wildman–Crippen MR) is 113 cm³/mol. The molecular formula is C21H25ClN2O4S. The maximum atomic E-state index is 12.9. The number of ether oxygens (including phenoxy) is 1. The molecule has 0 saturated carbocycles. The van der Waals surface area contributed by atoms with Crippen LogP contribution in [0.15, 0.2) is 54.6 Å². The van der Waals surface area contributed by atoms with Crippen molar-refractivity contribution in [3.63, 3.8) is 0 Å². The highest BCUT2D eigenvalue weighted by atomic mass is 35.5. The van der Waals surface area contributed by atoms with Crippen molar-refractivity contribution in [3.8, 4) is 5.75 Å². The van der Waals surface area contributed by atoms with Crippen LogP contribution in [0, 0.1) is 0 Å². The Morgan fingerprint density at radius 1 is 1.00 bits per heavy atom. The van der Waals surface area contributed by atoms with Gasteiger partial charge in [-0.3, -0.25) is 4.79 Å². The number of halogens is 1.